The number of carbonyl (C=O) groups excluding carboxylic acids is 1. The summed E-state index contributed by atoms with van der Waals surface area (Å²) in [6.07, 6.45) is 0.411. The van der Waals surface area contributed by atoms with Gasteiger partial charge in [-0.25, -0.2) is 0 Å². The van der Waals surface area contributed by atoms with E-state index < -0.39 is 0 Å². The van der Waals surface area contributed by atoms with E-state index in [1.165, 1.54) is 7.11 Å². The Kier molecular flexibility index (Phi) is 4.27. The van der Waals surface area contributed by atoms with E-state index in [2.05, 4.69) is 11.2 Å². The average molecular weight is 235 g/mol. The summed E-state index contributed by atoms with van der Waals surface area (Å²) in [7, 11) is 1.38. The van der Waals surface area contributed by atoms with Crippen molar-refractivity contribution in [2.75, 3.05) is 7.11 Å². The van der Waals surface area contributed by atoms with Crippen LogP contribution >= 0.6 is 0 Å². The first-order valence-corrected chi connectivity index (χ1v) is 5.51. The van der Waals surface area contributed by atoms with Gasteiger partial charge in [0.1, 0.15) is 0 Å². The molecule has 0 N–H and O–H groups in total. The quantitative estimate of drug-likeness (QED) is 0.745. The summed E-state index contributed by atoms with van der Waals surface area (Å²) >= 11 is 0. The number of nitriles is 1. The third kappa shape index (κ3) is 2.64. The molecule has 0 saturated carbocycles. The molecule has 5 heteroatoms. The number of carbonyl (C=O) groups is 1. The SMILES string of the molecule is COC(=O)C(C)c1c(C)nn(CCC#N)c1C. The molecule has 17 heavy (non-hydrogen) atoms. The molecule has 0 aliphatic heterocycles. The second kappa shape index (κ2) is 5.48. The first-order valence-electron chi connectivity index (χ1n) is 5.51. The van der Waals surface area contributed by atoms with Crippen molar-refractivity contribution in [3.05, 3.63) is 17.0 Å². The Morgan fingerprint density at radius 2 is 2.24 bits per heavy atom. The second-order valence-electron chi connectivity index (χ2n) is 3.96. The largest absolute Gasteiger partial charge is 0.469 e. The summed E-state index contributed by atoms with van der Waals surface area (Å²) in [4.78, 5) is 11.5. The average Bonchev–Trinajstić information content (AvgIpc) is 2.60. The van der Waals surface area contributed by atoms with Gasteiger partial charge in [0.2, 0.25) is 0 Å². The number of nitrogens with zero attached hydrogens (tertiary/aromatic N) is 3. The van der Waals surface area contributed by atoms with Gasteiger partial charge in [-0.3, -0.25) is 9.48 Å². The summed E-state index contributed by atoms with van der Waals surface area (Å²) in [6.45, 7) is 6.13. The Morgan fingerprint density at radius 1 is 1.59 bits per heavy atom. The van der Waals surface area contributed by atoms with E-state index >= 15 is 0 Å². The lowest BCUT2D eigenvalue weighted by atomic mass is 9.99. The van der Waals surface area contributed by atoms with Crippen LogP contribution in [0.1, 0.15) is 36.2 Å². The van der Waals surface area contributed by atoms with Crippen molar-refractivity contribution in [3.63, 3.8) is 0 Å². The number of ether oxygens (including phenoxy) is 1. The van der Waals surface area contributed by atoms with Crippen molar-refractivity contribution in [1.82, 2.24) is 9.78 Å². The maximum atomic E-state index is 11.5. The third-order valence-electron chi connectivity index (χ3n) is 2.86. The lowest BCUT2D eigenvalue weighted by Gasteiger charge is -2.10. The smallest absolute Gasteiger partial charge is 0.312 e. The van der Waals surface area contributed by atoms with E-state index in [0.29, 0.717) is 13.0 Å². The van der Waals surface area contributed by atoms with Gasteiger partial charge in [0.15, 0.2) is 0 Å². The summed E-state index contributed by atoms with van der Waals surface area (Å²) < 4.78 is 6.51. The van der Waals surface area contributed by atoms with Crippen molar-refractivity contribution in [2.24, 2.45) is 0 Å². The molecule has 0 radical (unpaired) electrons. The number of aromatic nitrogens is 2. The zero-order valence-electron chi connectivity index (χ0n) is 10.6. The Bertz CT molecular complexity index is 457. The molecule has 0 saturated heterocycles. The molecule has 1 unspecified atom stereocenters. The molecule has 92 valence electrons. The number of hydrogen-bond acceptors (Lipinski definition) is 4. The second-order valence-corrected chi connectivity index (χ2v) is 3.96. The lowest BCUT2D eigenvalue weighted by molar-refractivity contribution is -0.142. The minimum atomic E-state index is -0.323. The number of aryl methyl sites for hydroxylation is 2. The van der Waals surface area contributed by atoms with Gasteiger partial charge in [-0.15, -0.1) is 0 Å². The molecule has 0 aliphatic carbocycles. The van der Waals surface area contributed by atoms with Gasteiger partial charge in [-0.05, 0) is 20.8 Å². The van der Waals surface area contributed by atoms with Crippen LogP contribution in [0.25, 0.3) is 0 Å². The fourth-order valence-corrected chi connectivity index (χ4v) is 2.01. The van der Waals surface area contributed by atoms with Crippen LogP contribution in [0.4, 0.5) is 0 Å². The van der Waals surface area contributed by atoms with Crippen LogP contribution in [0.15, 0.2) is 0 Å². The van der Waals surface area contributed by atoms with Gasteiger partial charge in [-0.1, -0.05) is 0 Å². The van der Waals surface area contributed by atoms with Crippen LogP contribution in [0.2, 0.25) is 0 Å². The van der Waals surface area contributed by atoms with E-state index in [9.17, 15) is 4.79 Å². The fraction of sp³-hybridized carbons (Fsp3) is 0.583. The summed E-state index contributed by atoms with van der Waals surface area (Å²) in [5, 5.41) is 12.9. The standard InChI is InChI=1S/C12H17N3O2/c1-8(12(16)17-4)11-9(2)14-15(10(11)3)7-5-6-13/h8H,5,7H2,1-4H3. The molecular weight excluding hydrogens is 218 g/mol. The van der Waals surface area contributed by atoms with E-state index in [-0.39, 0.29) is 11.9 Å². The van der Waals surface area contributed by atoms with Crippen molar-refractivity contribution in [3.8, 4) is 6.07 Å². The highest BCUT2D eigenvalue weighted by Gasteiger charge is 2.23. The minimum Gasteiger partial charge on any atom is -0.469 e. The molecular formula is C12H17N3O2. The maximum absolute atomic E-state index is 11.5. The van der Waals surface area contributed by atoms with Crippen LogP contribution in [0.3, 0.4) is 0 Å². The van der Waals surface area contributed by atoms with E-state index in [1.807, 2.05) is 13.8 Å². The zero-order valence-corrected chi connectivity index (χ0v) is 10.6. The molecule has 0 aromatic carbocycles. The fourth-order valence-electron chi connectivity index (χ4n) is 2.01. The van der Waals surface area contributed by atoms with E-state index in [1.54, 1.807) is 11.6 Å². The highest BCUT2D eigenvalue weighted by molar-refractivity contribution is 5.78. The van der Waals surface area contributed by atoms with Crippen molar-refractivity contribution in [1.29, 1.82) is 5.26 Å². The van der Waals surface area contributed by atoms with E-state index in [0.717, 1.165) is 17.0 Å². The number of esters is 1. The third-order valence-corrected chi connectivity index (χ3v) is 2.86. The van der Waals surface area contributed by atoms with Gasteiger partial charge in [0, 0.05) is 11.3 Å². The molecule has 0 fully saturated rings. The van der Waals surface area contributed by atoms with Crippen LogP contribution in [-0.4, -0.2) is 22.9 Å². The first kappa shape index (κ1) is 13.2. The highest BCUT2D eigenvalue weighted by atomic mass is 16.5. The van der Waals surface area contributed by atoms with Crippen LogP contribution < -0.4 is 0 Å². The van der Waals surface area contributed by atoms with Gasteiger partial charge in [0.25, 0.3) is 0 Å². The molecule has 0 spiro atoms. The Hall–Kier alpha value is -1.83. The topological polar surface area (TPSA) is 67.9 Å². The number of methoxy groups -OCH3 is 1. The summed E-state index contributed by atoms with van der Waals surface area (Å²) in [5.41, 5.74) is 2.64. The Morgan fingerprint density at radius 3 is 2.76 bits per heavy atom. The van der Waals surface area contributed by atoms with Gasteiger partial charge < -0.3 is 4.74 Å². The molecule has 1 aromatic heterocycles. The number of hydrogen-bond donors (Lipinski definition) is 0. The maximum Gasteiger partial charge on any atom is 0.312 e. The molecule has 1 heterocycles. The van der Waals surface area contributed by atoms with Gasteiger partial charge >= 0.3 is 5.97 Å². The van der Waals surface area contributed by atoms with Gasteiger partial charge in [-0.2, -0.15) is 10.4 Å². The van der Waals surface area contributed by atoms with E-state index in [4.69, 9.17) is 10.00 Å². The Labute approximate surface area is 101 Å². The Balaban J connectivity index is 3.05. The van der Waals surface area contributed by atoms with Crippen LogP contribution in [-0.2, 0) is 16.1 Å². The predicted molar refractivity (Wildman–Crippen MR) is 62.4 cm³/mol. The lowest BCUT2D eigenvalue weighted by Crippen LogP contribution is -2.12. The summed E-state index contributed by atoms with van der Waals surface area (Å²) in [6, 6.07) is 2.08. The predicted octanol–water partition coefficient (Wildman–Crippen LogP) is 1.69. The minimum absolute atomic E-state index is 0.268. The molecule has 1 atom stereocenters. The monoisotopic (exact) mass is 235 g/mol. The molecule has 0 amide bonds. The summed E-state index contributed by atoms with van der Waals surface area (Å²) in [5.74, 6) is -0.591. The number of rotatable bonds is 4. The molecule has 0 bridgehead atoms. The molecule has 5 nitrogen and oxygen atoms in total. The molecule has 1 rings (SSSR count). The van der Waals surface area contributed by atoms with Crippen molar-refractivity contribution >= 4 is 5.97 Å². The van der Waals surface area contributed by atoms with Gasteiger partial charge in [0.05, 0.1) is 37.8 Å². The van der Waals surface area contributed by atoms with Crippen LogP contribution in [0, 0.1) is 25.2 Å². The molecule has 0 aliphatic rings. The zero-order chi connectivity index (χ0) is 13.0. The van der Waals surface area contributed by atoms with Crippen molar-refractivity contribution in [2.45, 2.75) is 39.7 Å². The van der Waals surface area contributed by atoms with Crippen molar-refractivity contribution < 1.29 is 9.53 Å². The molecule has 1 aromatic rings. The first-order chi connectivity index (χ1) is 8.02. The highest BCUT2D eigenvalue weighted by Crippen LogP contribution is 2.24. The van der Waals surface area contributed by atoms with Crippen LogP contribution in [0.5, 0.6) is 0 Å². The normalized spacial score (nSPS) is 11.9.